The Morgan fingerprint density at radius 3 is 2.80 bits per heavy atom. The number of hydrogen-bond donors (Lipinski definition) is 1. The van der Waals surface area contributed by atoms with Crippen molar-refractivity contribution in [2.75, 3.05) is 13.2 Å². The Kier molecular flexibility index (Phi) is 6.34. The molecule has 2 atom stereocenters. The molecule has 20 heavy (non-hydrogen) atoms. The van der Waals surface area contributed by atoms with Gasteiger partial charge in [0, 0.05) is 19.2 Å². The molecule has 0 bridgehead atoms. The number of rotatable bonds is 7. The number of hydrogen-bond acceptors (Lipinski definition) is 3. The highest BCUT2D eigenvalue weighted by Gasteiger charge is 2.18. The standard InChI is InChI=1S/C17H27NO2/c1-3-4-10-20-17-7-5-15(6-8-17)13-18-16-9-11-19-14(2)12-16/h5-8,14,16,18H,3-4,9-13H2,1-2H3. The fourth-order valence-electron chi connectivity index (χ4n) is 2.48. The zero-order chi connectivity index (χ0) is 14.2. The molecule has 1 aliphatic rings. The summed E-state index contributed by atoms with van der Waals surface area (Å²) in [5.74, 6) is 0.974. The molecule has 1 N–H and O–H groups in total. The van der Waals surface area contributed by atoms with E-state index in [-0.39, 0.29) is 0 Å². The van der Waals surface area contributed by atoms with Crippen molar-refractivity contribution in [3.8, 4) is 5.75 Å². The van der Waals surface area contributed by atoms with Crippen LogP contribution in [0.15, 0.2) is 24.3 Å². The topological polar surface area (TPSA) is 30.5 Å². The summed E-state index contributed by atoms with van der Waals surface area (Å²) in [6.07, 6.45) is 4.90. The molecule has 0 spiro atoms. The van der Waals surface area contributed by atoms with E-state index < -0.39 is 0 Å². The maximum Gasteiger partial charge on any atom is 0.119 e. The molecule has 2 rings (SSSR count). The van der Waals surface area contributed by atoms with E-state index in [1.807, 2.05) is 0 Å². The third kappa shape index (κ3) is 5.14. The Morgan fingerprint density at radius 2 is 2.10 bits per heavy atom. The summed E-state index contributed by atoms with van der Waals surface area (Å²) >= 11 is 0. The fraction of sp³-hybridized carbons (Fsp3) is 0.647. The zero-order valence-electron chi connectivity index (χ0n) is 12.7. The van der Waals surface area contributed by atoms with Crippen molar-refractivity contribution in [3.05, 3.63) is 29.8 Å². The molecule has 112 valence electrons. The molecule has 2 unspecified atom stereocenters. The lowest BCUT2D eigenvalue weighted by molar-refractivity contribution is 0.0130. The largest absolute Gasteiger partial charge is 0.494 e. The molecule has 1 aromatic rings. The van der Waals surface area contributed by atoms with Crippen LogP contribution in [-0.2, 0) is 11.3 Å². The summed E-state index contributed by atoms with van der Waals surface area (Å²) in [4.78, 5) is 0. The molecule has 1 saturated heterocycles. The number of ether oxygens (including phenoxy) is 2. The maximum absolute atomic E-state index is 5.67. The van der Waals surface area contributed by atoms with E-state index in [1.165, 1.54) is 12.0 Å². The van der Waals surface area contributed by atoms with Crippen LogP contribution in [0, 0.1) is 0 Å². The second-order valence-corrected chi connectivity index (χ2v) is 5.63. The van der Waals surface area contributed by atoms with Crippen molar-refractivity contribution >= 4 is 0 Å². The van der Waals surface area contributed by atoms with E-state index in [9.17, 15) is 0 Å². The zero-order valence-corrected chi connectivity index (χ0v) is 12.7. The average Bonchev–Trinajstić information content (AvgIpc) is 2.47. The van der Waals surface area contributed by atoms with Crippen molar-refractivity contribution in [2.45, 2.75) is 58.2 Å². The van der Waals surface area contributed by atoms with Crippen LogP contribution in [0.2, 0.25) is 0 Å². The highest BCUT2D eigenvalue weighted by molar-refractivity contribution is 5.27. The molecule has 3 nitrogen and oxygen atoms in total. The van der Waals surface area contributed by atoms with E-state index in [4.69, 9.17) is 9.47 Å². The van der Waals surface area contributed by atoms with Gasteiger partial charge in [-0.25, -0.2) is 0 Å². The number of benzene rings is 1. The van der Waals surface area contributed by atoms with Gasteiger partial charge in [0.05, 0.1) is 12.7 Å². The normalized spacial score (nSPS) is 22.7. The Hall–Kier alpha value is -1.06. The van der Waals surface area contributed by atoms with Crippen molar-refractivity contribution in [1.82, 2.24) is 5.32 Å². The van der Waals surface area contributed by atoms with Gasteiger partial charge in [-0.05, 0) is 43.9 Å². The highest BCUT2D eigenvalue weighted by atomic mass is 16.5. The molecule has 1 heterocycles. The first-order valence-corrected chi connectivity index (χ1v) is 7.84. The van der Waals surface area contributed by atoms with Crippen molar-refractivity contribution < 1.29 is 9.47 Å². The second kappa shape index (κ2) is 8.28. The Morgan fingerprint density at radius 1 is 1.30 bits per heavy atom. The quantitative estimate of drug-likeness (QED) is 0.774. The van der Waals surface area contributed by atoms with E-state index in [0.717, 1.165) is 44.8 Å². The first-order chi connectivity index (χ1) is 9.78. The Labute approximate surface area is 122 Å². The summed E-state index contributed by atoms with van der Waals surface area (Å²) in [6, 6.07) is 9.02. The van der Waals surface area contributed by atoms with Gasteiger partial charge in [0.2, 0.25) is 0 Å². The van der Waals surface area contributed by atoms with Crippen LogP contribution in [0.4, 0.5) is 0 Å². The second-order valence-electron chi connectivity index (χ2n) is 5.63. The van der Waals surface area contributed by atoms with Crippen LogP contribution >= 0.6 is 0 Å². The molecule has 0 aromatic heterocycles. The Bertz CT molecular complexity index is 377. The molecule has 0 saturated carbocycles. The molecule has 0 radical (unpaired) electrons. The molecule has 1 aromatic carbocycles. The van der Waals surface area contributed by atoms with Crippen LogP contribution in [0.25, 0.3) is 0 Å². The van der Waals surface area contributed by atoms with Crippen molar-refractivity contribution in [1.29, 1.82) is 0 Å². The maximum atomic E-state index is 5.67. The van der Waals surface area contributed by atoms with Crippen LogP contribution in [0.1, 0.15) is 45.1 Å². The van der Waals surface area contributed by atoms with Gasteiger partial charge in [-0.15, -0.1) is 0 Å². The lowest BCUT2D eigenvalue weighted by atomic mass is 10.0. The van der Waals surface area contributed by atoms with E-state index in [2.05, 4.69) is 43.4 Å². The van der Waals surface area contributed by atoms with Gasteiger partial charge in [-0.1, -0.05) is 25.5 Å². The first-order valence-electron chi connectivity index (χ1n) is 7.84. The monoisotopic (exact) mass is 277 g/mol. The minimum atomic E-state index is 0.385. The number of unbranched alkanes of at least 4 members (excludes halogenated alkanes) is 1. The highest BCUT2D eigenvalue weighted by Crippen LogP contribution is 2.15. The molecular weight excluding hydrogens is 250 g/mol. The van der Waals surface area contributed by atoms with Gasteiger partial charge in [-0.2, -0.15) is 0 Å². The van der Waals surface area contributed by atoms with Gasteiger partial charge in [-0.3, -0.25) is 0 Å². The van der Waals surface area contributed by atoms with Crippen LogP contribution < -0.4 is 10.1 Å². The molecule has 0 amide bonds. The minimum absolute atomic E-state index is 0.385. The van der Waals surface area contributed by atoms with Crippen molar-refractivity contribution in [2.24, 2.45) is 0 Å². The van der Waals surface area contributed by atoms with Crippen molar-refractivity contribution in [3.63, 3.8) is 0 Å². The predicted octanol–water partition coefficient (Wildman–Crippen LogP) is 3.52. The van der Waals surface area contributed by atoms with Gasteiger partial charge < -0.3 is 14.8 Å². The summed E-state index contributed by atoms with van der Waals surface area (Å²) < 4.78 is 11.2. The van der Waals surface area contributed by atoms with E-state index >= 15 is 0 Å². The van der Waals surface area contributed by atoms with Gasteiger partial charge in [0.25, 0.3) is 0 Å². The summed E-state index contributed by atoms with van der Waals surface area (Å²) in [5, 5.41) is 3.62. The lowest BCUT2D eigenvalue weighted by Crippen LogP contribution is -2.37. The van der Waals surface area contributed by atoms with Crippen LogP contribution in [-0.4, -0.2) is 25.4 Å². The Balaban J connectivity index is 1.73. The molecule has 1 fully saturated rings. The third-order valence-corrected chi connectivity index (χ3v) is 3.77. The average molecular weight is 277 g/mol. The first kappa shape index (κ1) is 15.3. The van der Waals surface area contributed by atoms with Crippen LogP contribution in [0.3, 0.4) is 0 Å². The predicted molar refractivity (Wildman–Crippen MR) is 82.1 cm³/mol. The number of nitrogens with one attached hydrogen (secondary N) is 1. The smallest absolute Gasteiger partial charge is 0.119 e. The van der Waals surface area contributed by atoms with Gasteiger partial charge in [0.15, 0.2) is 0 Å². The lowest BCUT2D eigenvalue weighted by Gasteiger charge is -2.28. The minimum Gasteiger partial charge on any atom is -0.494 e. The summed E-state index contributed by atoms with van der Waals surface area (Å²) in [7, 11) is 0. The van der Waals surface area contributed by atoms with Gasteiger partial charge >= 0.3 is 0 Å². The molecular formula is C17H27NO2. The third-order valence-electron chi connectivity index (χ3n) is 3.77. The SMILES string of the molecule is CCCCOc1ccc(CNC2CCOC(C)C2)cc1. The molecule has 0 aliphatic carbocycles. The summed E-state index contributed by atoms with van der Waals surface area (Å²) in [5.41, 5.74) is 1.31. The molecule has 1 aliphatic heterocycles. The summed E-state index contributed by atoms with van der Waals surface area (Å²) in [6.45, 7) is 6.94. The fourth-order valence-corrected chi connectivity index (χ4v) is 2.48. The molecule has 3 heteroatoms. The van der Waals surface area contributed by atoms with E-state index in [1.54, 1.807) is 0 Å². The van der Waals surface area contributed by atoms with Gasteiger partial charge in [0.1, 0.15) is 5.75 Å². The van der Waals surface area contributed by atoms with Crippen LogP contribution in [0.5, 0.6) is 5.75 Å². The van der Waals surface area contributed by atoms with E-state index in [0.29, 0.717) is 12.1 Å².